The van der Waals surface area contributed by atoms with Crippen LogP contribution in [0.3, 0.4) is 0 Å². The number of hydrogen-bond acceptors (Lipinski definition) is 4. The molecule has 2 heterocycles. The lowest BCUT2D eigenvalue weighted by Crippen LogP contribution is -2.51. The van der Waals surface area contributed by atoms with E-state index in [0.29, 0.717) is 36.4 Å². The van der Waals surface area contributed by atoms with E-state index in [4.69, 9.17) is 9.52 Å². The molecule has 0 aromatic carbocycles. The minimum atomic E-state index is -0.484. The van der Waals surface area contributed by atoms with Gasteiger partial charge in [0.2, 0.25) is 5.91 Å². The number of carbonyl (C=O) groups excluding carboxylic acids is 2. The molecule has 0 unspecified atom stereocenters. The summed E-state index contributed by atoms with van der Waals surface area (Å²) < 4.78 is 5.54. The Morgan fingerprint density at radius 1 is 1.28 bits per heavy atom. The maximum Gasteiger partial charge on any atom is 0.257 e. The number of furan rings is 1. The second-order valence-corrected chi connectivity index (χ2v) is 4.75. The highest BCUT2D eigenvalue weighted by Gasteiger charge is 2.25. The van der Waals surface area contributed by atoms with Gasteiger partial charge >= 0.3 is 0 Å². The standard InChI is InChI=1S/C11H13BrN2O4/c12-9-5-8(7-18-9)11(17)14-3-1-13(2-4-14)10(16)6-15/h5,7,15H,1-4,6H2. The van der Waals surface area contributed by atoms with E-state index >= 15 is 0 Å². The molecular weight excluding hydrogens is 304 g/mol. The largest absolute Gasteiger partial charge is 0.457 e. The first-order valence-electron chi connectivity index (χ1n) is 5.53. The van der Waals surface area contributed by atoms with Gasteiger partial charge in [0.1, 0.15) is 12.9 Å². The van der Waals surface area contributed by atoms with E-state index in [1.165, 1.54) is 6.26 Å². The number of rotatable bonds is 2. The summed E-state index contributed by atoms with van der Waals surface area (Å²) in [6.45, 7) is 1.34. The molecule has 1 aliphatic heterocycles. The van der Waals surface area contributed by atoms with Gasteiger partial charge in [0, 0.05) is 32.2 Å². The maximum atomic E-state index is 12.1. The topological polar surface area (TPSA) is 74.0 Å². The lowest BCUT2D eigenvalue weighted by Gasteiger charge is -2.34. The van der Waals surface area contributed by atoms with E-state index in [0.717, 1.165) is 0 Å². The van der Waals surface area contributed by atoms with Gasteiger partial charge in [-0.25, -0.2) is 0 Å². The molecule has 0 radical (unpaired) electrons. The van der Waals surface area contributed by atoms with Gasteiger partial charge < -0.3 is 19.3 Å². The average molecular weight is 317 g/mol. The summed E-state index contributed by atoms with van der Waals surface area (Å²) in [6, 6.07) is 1.62. The molecule has 0 atom stereocenters. The van der Waals surface area contributed by atoms with Crippen LogP contribution >= 0.6 is 15.9 Å². The molecule has 2 rings (SSSR count). The highest BCUT2D eigenvalue weighted by Crippen LogP contribution is 2.16. The predicted molar refractivity (Wildman–Crippen MR) is 66.0 cm³/mol. The second kappa shape index (κ2) is 5.53. The van der Waals surface area contributed by atoms with E-state index < -0.39 is 6.61 Å². The van der Waals surface area contributed by atoms with Crippen molar-refractivity contribution in [3.8, 4) is 0 Å². The van der Waals surface area contributed by atoms with E-state index in [2.05, 4.69) is 15.9 Å². The third-order valence-electron chi connectivity index (χ3n) is 2.87. The van der Waals surface area contributed by atoms with Crippen LogP contribution in [0.2, 0.25) is 0 Å². The molecule has 0 spiro atoms. The lowest BCUT2D eigenvalue weighted by molar-refractivity contribution is -0.135. The van der Waals surface area contributed by atoms with E-state index in [1.54, 1.807) is 15.9 Å². The molecule has 6 nitrogen and oxygen atoms in total. The molecule has 1 aromatic heterocycles. The van der Waals surface area contributed by atoms with Crippen LogP contribution in [-0.2, 0) is 4.79 Å². The Bertz CT molecular complexity index is 452. The highest BCUT2D eigenvalue weighted by atomic mass is 79.9. The van der Waals surface area contributed by atoms with Crippen LogP contribution in [0.5, 0.6) is 0 Å². The van der Waals surface area contributed by atoms with Crippen molar-refractivity contribution in [1.29, 1.82) is 0 Å². The third-order valence-corrected chi connectivity index (χ3v) is 3.29. The summed E-state index contributed by atoms with van der Waals surface area (Å²) in [6.07, 6.45) is 1.40. The normalized spacial score (nSPS) is 15.9. The molecular formula is C11H13BrN2O4. The Labute approximate surface area is 112 Å². The molecule has 2 amide bonds. The molecule has 1 fully saturated rings. The smallest absolute Gasteiger partial charge is 0.257 e. The Kier molecular flexibility index (Phi) is 4.03. The number of amides is 2. The lowest BCUT2D eigenvalue weighted by atomic mass is 10.2. The number of nitrogens with zero attached hydrogens (tertiary/aromatic N) is 2. The number of aliphatic hydroxyl groups excluding tert-OH is 1. The first-order chi connectivity index (χ1) is 8.61. The van der Waals surface area contributed by atoms with Crippen molar-refractivity contribution >= 4 is 27.7 Å². The summed E-state index contributed by atoms with van der Waals surface area (Å²) in [5, 5.41) is 8.75. The van der Waals surface area contributed by atoms with E-state index in [1.807, 2.05) is 0 Å². The average Bonchev–Trinajstić information content (AvgIpc) is 2.84. The Hall–Kier alpha value is -1.34. The Balaban J connectivity index is 1.94. The molecule has 0 aliphatic carbocycles. The zero-order chi connectivity index (χ0) is 13.1. The number of aliphatic hydroxyl groups is 1. The van der Waals surface area contributed by atoms with Crippen LogP contribution in [0.15, 0.2) is 21.4 Å². The van der Waals surface area contributed by atoms with Crippen molar-refractivity contribution in [2.75, 3.05) is 32.8 Å². The van der Waals surface area contributed by atoms with Crippen LogP contribution in [0, 0.1) is 0 Å². The van der Waals surface area contributed by atoms with Crippen molar-refractivity contribution in [3.05, 3.63) is 22.6 Å². The number of hydrogen-bond donors (Lipinski definition) is 1. The number of halogens is 1. The van der Waals surface area contributed by atoms with Crippen LogP contribution in [0.25, 0.3) is 0 Å². The van der Waals surface area contributed by atoms with E-state index in [-0.39, 0.29) is 11.8 Å². The third kappa shape index (κ3) is 2.73. The Morgan fingerprint density at radius 3 is 2.39 bits per heavy atom. The van der Waals surface area contributed by atoms with E-state index in [9.17, 15) is 9.59 Å². The first-order valence-corrected chi connectivity index (χ1v) is 6.33. The monoisotopic (exact) mass is 316 g/mol. The summed E-state index contributed by atoms with van der Waals surface area (Å²) >= 11 is 3.14. The molecule has 0 bridgehead atoms. The molecule has 98 valence electrons. The maximum absolute atomic E-state index is 12.1. The second-order valence-electron chi connectivity index (χ2n) is 3.97. The van der Waals surface area contributed by atoms with Crippen LogP contribution < -0.4 is 0 Å². The molecule has 7 heteroatoms. The van der Waals surface area contributed by atoms with Gasteiger partial charge in [-0.1, -0.05) is 0 Å². The fourth-order valence-corrected chi connectivity index (χ4v) is 2.20. The van der Waals surface area contributed by atoms with Crippen LogP contribution in [-0.4, -0.2) is 59.5 Å². The highest BCUT2D eigenvalue weighted by molar-refractivity contribution is 9.10. The van der Waals surface area contributed by atoms with Gasteiger partial charge in [0.25, 0.3) is 5.91 Å². The van der Waals surface area contributed by atoms with Crippen molar-refractivity contribution in [2.24, 2.45) is 0 Å². The number of carbonyl (C=O) groups is 2. The van der Waals surface area contributed by atoms with Gasteiger partial charge in [-0.2, -0.15) is 0 Å². The summed E-state index contributed by atoms with van der Waals surface area (Å²) in [5.74, 6) is -0.409. The number of piperazine rings is 1. The summed E-state index contributed by atoms with van der Waals surface area (Å²) in [4.78, 5) is 26.5. The molecule has 1 saturated heterocycles. The fraction of sp³-hybridized carbons (Fsp3) is 0.455. The van der Waals surface area contributed by atoms with Gasteiger partial charge in [0.05, 0.1) is 5.56 Å². The fourth-order valence-electron chi connectivity index (χ4n) is 1.86. The SMILES string of the molecule is O=C(CO)N1CCN(C(=O)c2coc(Br)c2)CC1. The van der Waals surface area contributed by atoms with Gasteiger partial charge in [-0.05, 0) is 15.9 Å². The minimum absolute atomic E-state index is 0.111. The van der Waals surface area contributed by atoms with Crippen molar-refractivity contribution in [1.82, 2.24) is 9.80 Å². The van der Waals surface area contributed by atoms with Crippen molar-refractivity contribution in [2.45, 2.75) is 0 Å². The minimum Gasteiger partial charge on any atom is -0.457 e. The van der Waals surface area contributed by atoms with Crippen molar-refractivity contribution in [3.63, 3.8) is 0 Å². The van der Waals surface area contributed by atoms with Crippen LogP contribution in [0.1, 0.15) is 10.4 Å². The van der Waals surface area contributed by atoms with Crippen LogP contribution in [0.4, 0.5) is 0 Å². The van der Waals surface area contributed by atoms with Gasteiger partial charge in [-0.3, -0.25) is 9.59 Å². The molecule has 1 N–H and O–H groups in total. The predicted octanol–water partition coefficient (Wildman–Crippen LogP) is 0.319. The molecule has 0 saturated carbocycles. The molecule has 18 heavy (non-hydrogen) atoms. The summed E-state index contributed by atoms with van der Waals surface area (Å²) in [5.41, 5.74) is 0.490. The van der Waals surface area contributed by atoms with Gasteiger partial charge in [-0.15, -0.1) is 0 Å². The Morgan fingerprint density at radius 2 is 1.89 bits per heavy atom. The molecule has 1 aromatic rings. The first kappa shape index (κ1) is 13.1. The van der Waals surface area contributed by atoms with Gasteiger partial charge in [0.15, 0.2) is 4.67 Å². The summed E-state index contributed by atoms with van der Waals surface area (Å²) in [7, 11) is 0. The zero-order valence-electron chi connectivity index (χ0n) is 9.63. The zero-order valence-corrected chi connectivity index (χ0v) is 11.2. The van der Waals surface area contributed by atoms with Crippen molar-refractivity contribution < 1.29 is 19.1 Å². The quantitative estimate of drug-likeness (QED) is 0.852. The molecule has 1 aliphatic rings.